The van der Waals surface area contributed by atoms with Crippen LogP contribution in [0.3, 0.4) is 0 Å². The average Bonchev–Trinajstić information content (AvgIpc) is 2.55. The van der Waals surface area contributed by atoms with Gasteiger partial charge in [-0.15, -0.1) is 0 Å². The minimum atomic E-state index is -0.733. The lowest BCUT2D eigenvalue weighted by Gasteiger charge is -2.50. The zero-order chi connectivity index (χ0) is 17.7. The molecule has 24 heavy (non-hydrogen) atoms. The van der Waals surface area contributed by atoms with E-state index in [0.717, 1.165) is 19.4 Å². The number of ether oxygens (including phenoxy) is 1. The number of nitriles is 1. The van der Waals surface area contributed by atoms with Crippen molar-refractivity contribution < 1.29 is 9.53 Å². The first-order valence-electron chi connectivity index (χ1n) is 8.75. The van der Waals surface area contributed by atoms with E-state index in [1.807, 2.05) is 18.2 Å². The molecular formula is C20H28N2O2. The highest BCUT2D eigenvalue weighted by Gasteiger charge is 2.51. The Morgan fingerprint density at radius 1 is 1.42 bits per heavy atom. The van der Waals surface area contributed by atoms with Gasteiger partial charge in [-0.1, -0.05) is 37.3 Å². The van der Waals surface area contributed by atoms with Gasteiger partial charge >= 0.3 is 5.97 Å². The summed E-state index contributed by atoms with van der Waals surface area (Å²) in [6.07, 6.45) is 1.54. The Hall–Kier alpha value is -1.86. The quantitative estimate of drug-likeness (QED) is 0.778. The molecular weight excluding hydrogens is 300 g/mol. The third-order valence-corrected chi connectivity index (χ3v) is 5.57. The summed E-state index contributed by atoms with van der Waals surface area (Å²) in [4.78, 5) is 14.9. The standard InChI is InChI=1S/C20H28N2O2/c1-5-24-19(23)18(13-21)20(12-17-9-7-6-8-10-17)11-16(3)22(4)14-15(20)2/h6-10,15-16,18H,5,11-12,14H2,1-4H3. The Labute approximate surface area is 145 Å². The van der Waals surface area contributed by atoms with Crippen LogP contribution < -0.4 is 0 Å². The maximum atomic E-state index is 12.5. The molecule has 1 aliphatic heterocycles. The van der Waals surface area contributed by atoms with Crippen molar-refractivity contribution in [2.24, 2.45) is 17.3 Å². The molecule has 1 aliphatic rings. The van der Waals surface area contributed by atoms with E-state index >= 15 is 0 Å². The number of likely N-dealkylation sites (tertiary alicyclic amines) is 1. The Morgan fingerprint density at radius 2 is 2.08 bits per heavy atom. The fourth-order valence-electron chi connectivity index (χ4n) is 4.07. The van der Waals surface area contributed by atoms with Gasteiger partial charge in [-0.3, -0.25) is 4.79 Å². The molecule has 0 radical (unpaired) electrons. The predicted octanol–water partition coefficient (Wildman–Crippen LogP) is 3.28. The lowest BCUT2D eigenvalue weighted by atomic mass is 9.59. The minimum Gasteiger partial charge on any atom is -0.465 e. The fraction of sp³-hybridized carbons (Fsp3) is 0.600. The van der Waals surface area contributed by atoms with Crippen LogP contribution in [0.4, 0.5) is 0 Å². The fourth-order valence-corrected chi connectivity index (χ4v) is 4.07. The predicted molar refractivity (Wildman–Crippen MR) is 94.2 cm³/mol. The van der Waals surface area contributed by atoms with Gasteiger partial charge in [0.1, 0.15) is 5.92 Å². The second kappa shape index (κ2) is 7.81. The zero-order valence-corrected chi connectivity index (χ0v) is 15.2. The summed E-state index contributed by atoms with van der Waals surface area (Å²) >= 11 is 0. The molecule has 1 aromatic rings. The van der Waals surface area contributed by atoms with Crippen LogP contribution in [0.2, 0.25) is 0 Å². The summed E-state index contributed by atoms with van der Waals surface area (Å²) in [5.74, 6) is -0.878. The van der Waals surface area contributed by atoms with Crippen molar-refractivity contribution in [3.05, 3.63) is 35.9 Å². The highest BCUT2D eigenvalue weighted by atomic mass is 16.5. The third kappa shape index (κ3) is 3.62. The molecule has 1 aromatic carbocycles. The van der Waals surface area contributed by atoms with Crippen molar-refractivity contribution in [3.8, 4) is 6.07 Å². The molecule has 0 bridgehead atoms. The lowest BCUT2D eigenvalue weighted by Crippen LogP contribution is -2.55. The summed E-state index contributed by atoms with van der Waals surface area (Å²) in [6.45, 7) is 7.31. The molecule has 1 saturated heterocycles. The number of esters is 1. The Morgan fingerprint density at radius 3 is 2.67 bits per heavy atom. The van der Waals surface area contributed by atoms with Crippen LogP contribution in [-0.2, 0) is 16.0 Å². The number of rotatable bonds is 5. The summed E-state index contributed by atoms with van der Waals surface area (Å²) in [5, 5.41) is 9.82. The number of benzene rings is 1. The van der Waals surface area contributed by atoms with Gasteiger partial charge in [0.2, 0.25) is 0 Å². The molecule has 0 N–H and O–H groups in total. The summed E-state index contributed by atoms with van der Waals surface area (Å²) in [6, 6.07) is 12.8. The zero-order valence-electron chi connectivity index (χ0n) is 15.2. The number of carbonyl (C=O) groups is 1. The lowest BCUT2D eigenvalue weighted by molar-refractivity contribution is -0.154. The molecule has 4 nitrogen and oxygen atoms in total. The van der Waals surface area contributed by atoms with E-state index in [0.29, 0.717) is 12.6 Å². The summed E-state index contributed by atoms with van der Waals surface area (Å²) < 4.78 is 5.25. The number of hydrogen-bond acceptors (Lipinski definition) is 4. The van der Waals surface area contributed by atoms with Crippen LogP contribution in [0.15, 0.2) is 30.3 Å². The van der Waals surface area contributed by atoms with E-state index in [1.165, 1.54) is 5.56 Å². The smallest absolute Gasteiger partial charge is 0.323 e. The molecule has 0 spiro atoms. The Kier molecular flexibility index (Phi) is 6.01. The van der Waals surface area contributed by atoms with Gasteiger partial charge in [-0.25, -0.2) is 0 Å². The monoisotopic (exact) mass is 328 g/mol. The second-order valence-electron chi connectivity index (χ2n) is 7.10. The molecule has 0 aromatic heterocycles. The van der Waals surface area contributed by atoms with E-state index in [-0.39, 0.29) is 11.9 Å². The molecule has 0 saturated carbocycles. The molecule has 0 aliphatic carbocycles. The van der Waals surface area contributed by atoms with E-state index in [2.05, 4.69) is 44.0 Å². The van der Waals surface area contributed by atoms with E-state index in [1.54, 1.807) is 6.92 Å². The van der Waals surface area contributed by atoms with Crippen LogP contribution in [-0.4, -0.2) is 37.1 Å². The van der Waals surface area contributed by atoms with Gasteiger partial charge in [-0.05, 0) is 45.2 Å². The molecule has 130 valence electrons. The molecule has 0 amide bonds. The first kappa shape index (κ1) is 18.5. The first-order valence-corrected chi connectivity index (χ1v) is 8.75. The van der Waals surface area contributed by atoms with Gasteiger partial charge in [0.05, 0.1) is 12.7 Å². The molecule has 4 atom stereocenters. The van der Waals surface area contributed by atoms with Crippen LogP contribution in [0.5, 0.6) is 0 Å². The van der Waals surface area contributed by atoms with Crippen LogP contribution in [0.25, 0.3) is 0 Å². The number of hydrogen-bond donors (Lipinski definition) is 0. The van der Waals surface area contributed by atoms with Crippen molar-refractivity contribution in [1.29, 1.82) is 5.26 Å². The van der Waals surface area contributed by atoms with Crippen molar-refractivity contribution in [1.82, 2.24) is 4.90 Å². The van der Waals surface area contributed by atoms with E-state index in [4.69, 9.17) is 4.74 Å². The number of carbonyl (C=O) groups excluding carboxylic acids is 1. The molecule has 4 heteroatoms. The van der Waals surface area contributed by atoms with Crippen molar-refractivity contribution in [2.75, 3.05) is 20.2 Å². The first-order chi connectivity index (χ1) is 11.4. The number of piperidine rings is 1. The van der Waals surface area contributed by atoms with Gasteiger partial charge in [0.15, 0.2) is 0 Å². The largest absolute Gasteiger partial charge is 0.465 e. The van der Waals surface area contributed by atoms with Crippen LogP contribution in [0, 0.1) is 28.6 Å². The van der Waals surface area contributed by atoms with Crippen molar-refractivity contribution in [3.63, 3.8) is 0 Å². The molecule has 1 heterocycles. The van der Waals surface area contributed by atoms with Crippen LogP contribution in [0.1, 0.15) is 32.8 Å². The highest BCUT2D eigenvalue weighted by molar-refractivity contribution is 5.76. The maximum Gasteiger partial charge on any atom is 0.323 e. The average molecular weight is 328 g/mol. The summed E-state index contributed by atoms with van der Waals surface area (Å²) in [5.41, 5.74) is 0.777. The molecule has 1 fully saturated rings. The summed E-state index contributed by atoms with van der Waals surface area (Å²) in [7, 11) is 2.11. The molecule has 4 unspecified atom stereocenters. The van der Waals surface area contributed by atoms with Gasteiger partial charge in [0.25, 0.3) is 0 Å². The van der Waals surface area contributed by atoms with Gasteiger partial charge in [0, 0.05) is 18.0 Å². The van der Waals surface area contributed by atoms with E-state index < -0.39 is 11.3 Å². The maximum absolute atomic E-state index is 12.5. The third-order valence-electron chi connectivity index (χ3n) is 5.57. The Bertz CT molecular complexity index is 595. The van der Waals surface area contributed by atoms with Gasteiger partial charge < -0.3 is 9.64 Å². The SMILES string of the molecule is CCOC(=O)C(C#N)C1(Cc2ccccc2)CC(C)N(C)CC1C. The second-order valence-corrected chi connectivity index (χ2v) is 7.10. The van der Waals surface area contributed by atoms with Crippen molar-refractivity contribution >= 4 is 5.97 Å². The topological polar surface area (TPSA) is 53.3 Å². The Balaban J connectivity index is 2.44. The molecule has 2 rings (SSSR count). The van der Waals surface area contributed by atoms with Crippen LogP contribution >= 0.6 is 0 Å². The highest BCUT2D eigenvalue weighted by Crippen LogP contribution is 2.47. The van der Waals surface area contributed by atoms with Gasteiger partial charge in [-0.2, -0.15) is 5.26 Å². The van der Waals surface area contributed by atoms with Crippen molar-refractivity contribution in [2.45, 2.75) is 39.7 Å². The number of nitrogens with zero attached hydrogens (tertiary/aromatic N) is 2. The van der Waals surface area contributed by atoms with E-state index in [9.17, 15) is 10.1 Å². The normalized spacial score (nSPS) is 28.8. The minimum absolute atomic E-state index is 0.230.